The minimum Gasteiger partial charge on any atom is -0.493 e. The van der Waals surface area contributed by atoms with Gasteiger partial charge in [-0.1, -0.05) is 30.9 Å². The molecule has 0 spiro atoms. The van der Waals surface area contributed by atoms with Crippen LogP contribution in [0.2, 0.25) is 5.02 Å². The van der Waals surface area contributed by atoms with Crippen LogP contribution < -0.4 is 14.8 Å². The van der Waals surface area contributed by atoms with E-state index in [-0.39, 0.29) is 0 Å². The molecule has 1 aromatic carbocycles. The molecule has 0 aromatic heterocycles. The number of hydrogen-bond acceptors (Lipinski definition) is 3. The molecule has 0 heterocycles. The molecule has 0 bridgehead atoms. The van der Waals surface area contributed by atoms with Crippen molar-refractivity contribution in [2.24, 2.45) is 0 Å². The van der Waals surface area contributed by atoms with E-state index in [9.17, 15) is 0 Å². The monoisotopic (exact) mass is 283 g/mol. The summed E-state index contributed by atoms with van der Waals surface area (Å²) in [6, 6.07) is 4.34. The Bertz CT molecular complexity index is 417. The zero-order valence-electron chi connectivity index (χ0n) is 11.7. The van der Waals surface area contributed by atoms with Gasteiger partial charge in [0.05, 0.1) is 14.2 Å². The molecule has 0 unspecified atom stereocenters. The maximum Gasteiger partial charge on any atom is 0.165 e. The highest BCUT2D eigenvalue weighted by molar-refractivity contribution is 6.30. The number of methoxy groups -OCH3 is 2. The van der Waals surface area contributed by atoms with Gasteiger partial charge in [-0.15, -0.1) is 0 Å². The topological polar surface area (TPSA) is 30.5 Å². The van der Waals surface area contributed by atoms with Gasteiger partial charge in [-0.05, 0) is 18.9 Å². The Morgan fingerprint density at radius 3 is 2.53 bits per heavy atom. The van der Waals surface area contributed by atoms with Crippen molar-refractivity contribution < 1.29 is 9.47 Å². The highest BCUT2D eigenvalue weighted by Gasteiger charge is 2.16. The van der Waals surface area contributed by atoms with Gasteiger partial charge in [-0.3, -0.25) is 0 Å². The van der Waals surface area contributed by atoms with Crippen molar-refractivity contribution in [3.8, 4) is 11.5 Å². The predicted octanol–water partition coefficient (Wildman–Crippen LogP) is 3.78. The van der Waals surface area contributed by atoms with E-state index in [1.807, 2.05) is 6.07 Å². The summed E-state index contributed by atoms with van der Waals surface area (Å²) in [5, 5.41) is 4.28. The minimum absolute atomic E-state index is 0.614. The van der Waals surface area contributed by atoms with Gasteiger partial charge in [0.15, 0.2) is 11.5 Å². The highest BCUT2D eigenvalue weighted by Crippen LogP contribution is 2.34. The first kappa shape index (κ1) is 14.5. The number of nitrogens with one attached hydrogen (secondary N) is 1. The van der Waals surface area contributed by atoms with Crippen LogP contribution in [0.4, 0.5) is 0 Å². The maximum absolute atomic E-state index is 6.12. The number of ether oxygens (including phenoxy) is 2. The van der Waals surface area contributed by atoms with Crippen LogP contribution in [-0.4, -0.2) is 20.3 Å². The summed E-state index contributed by atoms with van der Waals surface area (Å²) in [5.41, 5.74) is 1.05. The van der Waals surface area contributed by atoms with Crippen molar-refractivity contribution in [3.63, 3.8) is 0 Å². The zero-order valence-corrected chi connectivity index (χ0v) is 12.4. The first-order valence-electron chi connectivity index (χ1n) is 6.88. The summed E-state index contributed by atoms with van der Waals surface area (Å²) < 4.78 is 10.8. The third kappa shape index (κ3) is 3.77. The van der Waals surface area contributed by atoms with Crippen molar-refractivity contribution in [2.45, 2.75) is 44.7 Å². The fraction of sp³-hybridized carbons (Fsp3) is 0.600. The summed E-state index contributed by atoms with van der Waals surface area (Å²) >= 11 is 6.12. The average Bonchev–Trinajstić information content (AvgIpc) is 2.45. The summed E-state index contributed by atoms with van der Waals surface area (Å²) in [7, 11) is 3.29. The third-order valence-corrected chi connectivity index (χ3v) is 3.93. The molecule has 0 saturated heterocycles. The maximum atomic E-state index is 6.12. The molecule has 1 aliphatic carbocycles. The van der Waals surface area contributed by atoms with Crippen molar-refractivity contribution in [3.05, 3.63) is 22.7 Å². The summed E-state index contributed by atoms with van der Waals surface area (Å²) in [6.07, 6.45) is 6.55. The van der Waals surface area contributed by atoms with Gasteiger partial charge in [0.2, 0.25) is 0 Å². The highest BCUT2D eigenvalue weighted by atomic mass is 35.5. The zero-order chi connectivity index (χ0) is 13.7. The Kier molecular flexibility index (Phi) is 5.34. The smallest absolute Gasteiger partial charge is 0.165 e. The van der Waals surface area contributed by atoms with E-state index in [4.69, 9.17) is 21.1 Å². The molecule has 0 aliphatic heterocycles. The molecular weight excluding hydrogens is 262 g/mol. The van der Waals surface area contributed by atoms with Crippen LogP contribution in [0.5, 0.6) is 11.5 Å². The molecule has 2 rings (SSSR count). The first-order valence-corrected chi connectivity index (χ1v) is 7.26. The summed E-state index contributed by atoms with van der Waals surface area (Å²) in [4.78, 5) is 0. The van der Waals surface area contributed by atoms with Gasteiger partial charge >= 0.3 is 0 Å². The lowest BCUT2D eigenvalue weighted by Crippen LogP contribution is -2.30. The SMILES string of the molecule is COc1cc(Cl)cc(CNC2CCCCC2)c1OC. The molecular formula is C15H22ClNO2. The average molecular weight is 284 g/mol. The Morgan fingerprint density at radius 1 is 1.16 bits per heavy atom. The van der Waals surface area contributed by atoms with Gasteiger partial charge in [0.25, 0.3) is 0 Å². The Hall–Kier alpha value is -0.930. The fourth-order valence-corrected chi connectivity index (χ4v) is 2.93. The van der Waals surface area contributed by atoms with Gasteiger partial charge in [0.1, 0.15) is 0 Å². The quantitative estimate of drug-likeness (QED) is 0.892. The van der Waals surface area contributed by atoms with E-state index in [0.29, 0.717) is 16.8 Å². The van der Waals surface area contributed by atoms with Crippen LogP contribution in [0.1, 0.15) is 37.7 Å². The van der Waals surface area contributed by atoms with E-state index in [1.165, 1.54) is 32.1 Å². The van der Waals surface area contributed by atoms with Crippen molar-refractivity contribution in [1.29, 1.82) is 0 Å². The molecule has 1 saturated carbocycles. The molecule has 4 heteroatoms. The van der Waals surface area contributed by atoms with Gasteiger partial charge in [0, 0.05) is 29.2 Å². The van der Waals surface area contributed by atoms with Crippen LogP contribution in [0.15, 0.2) is 12.1 Å². The minimum atomic E-state index is 0.614. The molecule has 106 valence electrons. The predicted molar refractivity (Wildman–Crippen MR) is 78.3 cm³/mol. The van der Waals surface area contributed by atoms with Crippen LogP contribution >= 0.6 is 11.6 Å². The van der Waals surface area contributed by atoms with Crippen LogP contribution in [0.3, 0.4) is 0 Å². The van der Waals surface area contributed by atoms with E-state index >= 15 is 0 Å². The lowest BCUT2D eigenvalue weighted by atomic mass is 9.95. The van der Waals surface area contributed by atoms with E-state index in [0.717, 1.165) is 17.9 Å². The number of rotatable bonds is 5. The van der Waals surface area contributed by atoms with E-state index in [1.54, 1.807) is 20.3 Å². The summed E-state index contributed by atoms with van der Waals surface area (Å²) in [6.45, 7) is 0.769. The third-order valence-electron chi connectivity index (χ3n) is 3.71. The molecule has 19 heavy (non-hydrogen) atoms. The Labute approximate surface area is 120 Å². The van der Waals surface area contributed by atoms with E-state index < -0.39 is 0 Å². The second-order valence-corrected chi connectivity index (χ2v) is 5.45. The lowest BCUT2D eigenvalue weighted by molar-refractivity contribution is 0.343. The first-order chi connectivity index (χ1) is 9.24. The fourth-order valence-electron chi connectivity index (χ4n) is 2.70. The van der Waals surface area contributed by atoms with Crippen LogP contribution in [0, 0.1) is 0 Å². The Balaban J connectivity index is 2.07. The molecule has 0 radical (unpaired) electrons. The van der Waals surface area contributed by atoms with Crippen molar-refractivity contribution in [2.75, 3.05) is 14.2 Å². The van der Waals surface area contributed by atoms with Gasteiger partial charge < -0.3 is 14.8 Å². The lowest BCUT2D eigenvalue weighted by Gasteiger charge is -2.23. The van der Waals surface area contributed by atoms with Crippen LogP contribution in [0.25, 0.3) is 0 Å². The normalized spacial score (nSPS) is 16.4. The van der Waals surface area contributed by atoms with Crippen molar-refractivity contribution >= 4 is 11.6 Å². The number of hydrogen-bond donors (Lipinski definition) is 1. The number of halogens is 1. The van der Waals surface area contributed by atoms with Crippen LogP contribution in [-0.2, 0) is 6.54 Å². The summed E-state index contributed by atoms with van der Waals surface area (Å²) in [5.74, 6) is 1.46. The van der Waals surface area contributed by atoms with E-state index in [2.05, 4.69) is 5.32 Å². The molecule has 0 amide bonds. The second kappa shape index (κ2) is 7.01. The molecule has 0 atom stereocenters. The van der Waals surface area contributed by atoms with Gasteiger partial charge in [-0.2, -0.15) is 0 Å². The van der Waals surface area contributed by atoms with Crippen molar-refractivity contribution in [1.82, 2.24) is 5.32 Å². The Morgan fingerprint density at radius 2 is 1.89 bits per heavy atom. The number of benzene rings is 1. The second-order valence-electron chi connectivity index (χ2n) is 5.02. The molecule has 1 aromatic rings. The molecule has 1 fully saturated rings. The standard InChI is InChI=1S/C15H22ClNO2/c1-18-14-9-12(16)8-11(15(14)19-2)10-17-13-6-4-3-5-7-13/h8-9,13,17H,3-7,10H2,1-2H3. The molecule has 1 aliphatic rings. The molecule has 1 N–H and O–H groups in total. The van der Waals surface area contributed by atoms with Gasteiger partial charge in [-0.25, -0.2) is 0 Å². The molecule has 3 nitrogen and oxygen atoms in total. The largest absolute Gasteiger partial charge is 0.493 e.